The van der Waals surface area contributed by atoms with Gasteiger partial charge in [0.25, 0.3) is 0 Å². The molecule has 2 rings (SSSR count). The second-order valence-corrected chi connectivity index (χ2v) is 6.41. The van der Waals surface area contributed by atoms with E-state index in [-0.39, 0.29) is 11.3 Å². The minimum Gasteiger partial charge on any atom is -0.353 e. The van der Waals surface area contributed by atoms with Gasteiger partial charge < -0.3 is 11.1 Å². The van der Waals surface area contributed by atoms with Gasteiger partial charge in [-0.1, -0.05) is 13.8 Å². The van der Waals surface area contributed by atoms with Crippen molar-refractivity contribution >= 4 is 5.91 Å². The van der Waals surface area contributed by atoms with Gasteiger partial charge in [-0.3, -0.25) is 4.79 Å². The van der Waals surface area contributed by atoms with Gasteiger partial charge >= 0.3 is 0 Å². The van der Waals surface area contributed by atoms with Crippen molar-refractivity contribution in [2.45, 2.75) is 58.4 Å². The monoisotopic (exact) mass is 238 g/mol. The van der Waals surface area contributed by atoms with Crippen LogP contribution in [-0.2, 0) is 4.79 Å². The summed E-state index contributed by atoms with van der Waals surface area (Å²) in [5.41, 5.74) is 5.63. The largest absolute Gasteiger partial charge is 0.353 e. The van der Waals surface area contributed by atoms with Crippen LogP contribution in [0.25, 0.3) is 0 Å². The summed E-state index contributed by atoms with van der Waals surface area (Å²) in [5, 5.41) is 3.20. The third-order valence-corrected chi connectivity index (χ3v) is 4.81. The van der Waals surface area contributed by atoms with Gasteiger partial charge in [0.05, 0.1) is 5.41 Å². The number of hydrogen-bond donors (Lipinski definition) is 2. The van der Waals surface area contributed by atoms with Gasteiger partial charge in [-0.2, -0.15) is 0 Å². The molecule has 17 heavy (non-hydrogen) atoms. The van der Waals surface area contributed by atoms with Gasteiger partial charge in [0.15, 0.2) is 0 Å². The van der Waals surface area contributed by atoms with Crippen LogP contribution in [0.1, 0.15) is 52.4 Å². The van der Waals surface area contributed by atoms with Crippen molar-refractivity contribution in [1.29, 1.82) is 0 Å². The molecule has 0 aromatic rings. The highest BCUT2D eigenvalue weighted by molar-refractivity contribution is 5.83. The number of rotatable bonds is 3. The topological polar surface area (TPSA) is 55.1 Å². The fourth-order valence-corrected chi connectivity index (χ4v) is 3.20. The lowest BCUT2D eigenvalue weighted by Crippen LogP contribution is -2.53. The fraction of sp³-hybridized carbons (Fsp3) is 0.929. The van der Waals surface area contributed by atoms with Crippen LogP contribution in [0.15, 0.2) is 0 Å². The first-order valence-electron chi connectivity index (χ1n) is 7.07. The summed E-state index contributed by atoms with van der Waals surface area (Å²) in [6.45, 7) is 5.02. The van der Waals surface area contributed by atoms with Crippen molar-refractivity contribution < 1.29 is 4.79 Å². The van der Waals surface area contributed by atoms with E-state index in [9.17, 15) is 4.79 Å². The lowest BCUT2D eigenvalue weighted by molar-refractivity contribution is -0.134. The first-order valence-corrected chi connectivity index (χ1v) is 7.07. The van der Waals surface area contributed by atoms with E-state index >= 15 is 0 Å². The number of amides is 1. The van der Waals surface area contributed by atoms with E-state index in [2.05, 4.69) is 19.2 Å². The molecule has 2 aliphatic rings. The Morgan fingerprint density at radius 3 is 2.29 bits per heavy atom. The Kier molecular flexibility index (Phi) is 3.76. The molecule has 2 saturated carbocycles. The number of hydrogen-bond acceptors (Lipinski definition) is 2. The van der Waals surface area contributed by atoms with E-state index in [1.807, 2.05) is 0 Å². The van der Waals surface area contributed by atoms with Gasteiger partial charge in [-0.25, -0.2) is 0 Å². The second-order valence-electron chi connectivity index (χ2n) is 6.41. The summed E-state index contributed by atoms with van der Waals surface area (Å²) in [5.74, 6) is 1.76. The molecular formula is C14H26N2O. The Balaban J connectivity index is 1.90. The van der Waals surface area contributed by atoms with Crippen LogP contribution in [0.4, 0.5) is 0 Å². The molecule has 0 radical (unpaired) electrons. The van der Waals surface area contributed by atoms with Crippen molar-refractivity contribution in [3.63, 3.8) is 0 Å². The highest BCUT2D eigenvalue weighted by Crippen LogP contribution is 2.39. The van der Waals surface area contributed by atoms with Crippen molar-refractivity contribution in [1.82, 2.24) is 5.32 Å². The fourth-order valence-electron chi connectivity index (χ4n) is 3.20. The van der Waals surface area contributed by atoms with E-state index in [1.54, 1.807) is 0 Å². The van der Waals surface area contributed by atoms with Crippen LogP contribution in [0.5, 0.6) is 0 Å². The summed E-state index contributed by atoms with van der Waals surface area (Å²) in [6, 6.07) is 0.417. The Morgan fingerprint density at radius 2 is 1.82 bits per heavy atom. The molecule has 0 aliphatic heterocycles. The maximum Gasteiger partial charge on any atom is 0.227 e. The van der Waals surface area contributed by atoms with E-state index in [0.717, 1.165) is 50.4 Å². The molecule has 0 unspecified atom stereocenters. The summed E-state index contributed by atoms with van der Waals surface area (Å²) in [4.78, 5) is 12.4. The Bertz CT molecular complexity index is 276. The number of carbonyl (C=O) groups is 1. The van der Waals surface area contributed by atoms with Gasteiger partial charge in [0.1, 0.15) is 0 Å². The molecule has 98 valence electrons. The van der Waals surface area contributed by atoms with Gasteiger partial charge in [0.2, 0.25) is 5.91 Å². The smallest absolute Gasteiger partial charge is 0.227 e. The number of carbonyl (C=O) groups excluding carboxylic acids is 1. The van der Waals surface area contributed by atoms with Crippen LogP contribution in [0.2, 0.25) is 0 Å². The summed E-state index contributed by atoms with van der Waals surface area (Å²) >= 11 is 0. The predicted octanol–water partition coefficient (Wildman–Crippen LogP) is 2.06. The Hall–Kier alpha value is -0.570. The zero-order valence-electron chi connectivity index (χ0n) is 11.2. The van der Waals surface area contributed by atoms with Crippen LogP contribution >= 0.6 is 0 Å². The molecule has 0 aromatic heterocycles. The molecule has 2 aliphatic carbocycles. The number of nitrogens with one attached hydrogen (secondary N) is 1. The van der Waals surface area contributed by atoms with E-state index in [1.165, 1.54) is 0 Å². The molecule has 0 aromatic carbocycles. The standard InChI is InChI=1S/C14H26N2O/c1-10-3-5-14(9-15,6-4-10)13(17)16-12-7-11(2)8-12/h10-12H,3-9,15H2,1-2H3,(H,16,17). The third-order valence-electron chi connectivity index (χ3n) is 4.81. The van der Waals surface area contributed by atoms with E-state index < -0.39 is 0 Å². The van der Waals surface area contributed by atoms with Crippen LogP contribution in [0, 0.1) is 17.3 Å². The normalized spacial score (nSPS) is 41.7. The molecule has 0 spiro atoms. The Morgan fingerprint density at radius 1 is 1.24 bits per heavy atom. The van der Waals surface area contributed by atoms with Gasteiger partial charge in [0, 0.05) is 12.6 Å². The molecule has 0 heterocycles. The van der Waals surface area contributed by atoms with Crippen LogP contribution in [0.3, 0.4) is 0 Å². The molecule has 2 fully saturated rings. The second kappa shape index (κ2) is 4.97. The van der Waals surface area contributed by atoms with Crippen molar-refractivity contribution in [2.24, 2.45) is 23.0 Å². The molecule has 0 saturated heterocycles. The van der Waals surface area contributed by atoms with Crippen molar-refractivity contribution in [3.05, 3.63) is 0 Å². The van der Waals surface area contributed by atoms with Gasteiger partial charge in [-0.15, -0.1) is 0 Å². The zero-order chi connectivity index (χ0) is 12.5. The highest BCUT2D eigenvalue weighted by atomic mass is 16.2. The van der Waals surface area contributed by atoms with E-state index in [0.29, 0.717) is 12.6 Å². The molecule has 0 bridgehead atoms. The molecule has 3 nitrogen and oxygen atoms in total. The number of nitrogens with two attached hydrogens (primary N) is 1. The summed E-state index contributed by atoms with van der Waals surface area (Å²) < 4.78 is 0. The van der Waals surface area contributed by atoms with Crippen molar-refractivity contribution in [2.75, 3.05) is 6.54 Å². The average Bonchev–Trinajstić information content (AvgIpc) is 2.28. The highest BCUT2D eigenvalue weighted by Gasteiger charge is 2.41. The molecule has 3 heteroatoms. The van der Waals surface area contributed by atoms with Crippen LogP contribution in [-0.4, -0.2) is 18.5 Å². The summed E-state index contributed by atoms with van der Waals surface area (Å²) in [7, 11) is 0. The zero-order valence-corrected chi connectivity index (χ0v) is 11.2. The predicted molar refractivity (Wildman–Crippen MR) is 69.4 cm³/mol. The summed E-state index contributed by atoms with van der Waals surface area (Å²) in [6.07, 6.45) is 6.51. The lowest BCUT2D eigenvalue weighted by Gasteiger charge is -2.41. The molecule has 0 atom stereocenters. The quantitative estimate of drug-likeness (QED) is 0.790. The van der Waals surface area contributed by atoms with Gasteiger partial charge in [-0.05, 0) is 50.4 Å². The minimum atomic E-state index is -0.259. The minimum absolute atomic E-state index is 0.226. The lowest BCUT2D eigenvalue weighted by atomic mass is 9.69. The first kappa shape index (κ1) is 12.9. The molecular weight excluding hydrogens is 212 g/mol. The first-order chi connectivity index (χ1) is 8.05. The maximum atomic E-state index is 12.4. The average molecular weight is 238 g/mol. The van der Waals surface area contributed by atoms with E-state index in [4.69, 9.17) is 5.73 Å². The molecule has 1 amide bonds. The Labute approximate surface area is 105 Å². The third kappa shape index (κ3) is 2.65. The van der Waals surface area contributed by atoms with Crippen molar-refractivity contribution in [3.8, 4) is 0 Å². The molecule has 3 N–H and O–H groups in total. The van der Waals surface area contributed by atoms with Crippen LogP contribution < -0.4 is 11.1 Å². The maximum absolute atomic E-state index is 12.4. The SMILES string of the molecule is CC1CCC(CN)(C(=O)NC2CC(C)C2)CC1.